The summed E-state index contributed by atoms with van der Waals surface area (Å²) in [6.07, 6.45) is 3.44. The quantitative estimate of drug-likeness (QED) is 0.845. The number of hydrogen-bond donors (Lipinski definition) is 2. The molecule has 0 radical (unpaired) electrons. The van der Waals surface area contributed by atoms with Gasteiger partial charge in [-0.1, -0.05) is 13.3 Å². The van der Waals surface area contributed by atoms with Crippen molar-refractivity contribution in [3.05, 3.63) is 17.6 Å². The van der Waals surface area contributed by atoms with Crippen LogP contribution in [0, 0.1) is 13.8 Å². The van der Waals surface area contributed by atoms with E-state index < -0.39 is 5.54 Å². The van der Waals surface area contributed by atoms with Crippen molar-refractivity contribution in [1.29, 1.82) is 0 Å². The summed E-state index contributed by atoms with van der Waals surface area (Å²) in [5, 5.41) is 3.12. The summed E-state index contributed by atoms with van der Waals surface area (Å²) in [6, 6.07) is 2.21. The molecule has 0 spiro atoms. The molecule has 1 saturated heterocycles. The summed E-state index contributed by atoms with van der Waals surface area (Å²) < 4.78 is 0. The summed E-state index contributed by atoms with van der Waals surface area (Å²) >= 11 is 0. The van der Waals surface area contributed by atoms with Gasteiger partial charge in [0.05, 0.1) is 5.54 Å². The summed E-state index contributed by atoms with van der Waals surface area (Å²) in [7, 11) is 0. The van der Waals surface area contributed by atoms with Gasteiger partial charge in [-0.25, -0.2) is 9.97 Å². The van der Waals surface area contributed by atoms with Crippen LogP contribution < -0.4 is 16.0 Å². The maximum atomic E-state index is 12.3. The summed E-state index contributed by atoms with van der Waals surface area (Å²) in [5.41, 5.74) is 6.32. The van der Waals surface area contributed by atoms with Crippen LogP contribution in [0.25, 0.3) is 0 Å². The van der Waals surface area contributed by atoms with Gasteiger partial charge in [-0.2, -0.15) is 0 Å². The molecule has 1 aromatic rings. The van der Waals surface area contributed by atoms with E-state index in [0.717, 1.165) is 49.7 Å². The molecule has 0 saturated carbocycles. The number of carbonyl (C=O) groups is 1. The van der Waals surface area contributed by atoms with Crippen molar-refractivity contribution in [3.8, 4) is 0 Å². The molecule has 3 N–H and O–H groups in total. The summed E-state index contributed by atoms with van der Waals surface area (Å²) in [5.74, 6) is 1.75. The molecule has 1 aliphatic rings. The monoisotopic (exact) mass is 355 g/mol. The van der Waals surface area contributed by atoms with Crippen LogP contribution in [0.1, 0.15) is 51.0 Å². The second-order valence-electron chi connectivity index (χ2n) is 6.82. The lowest BCUT2D eigenvalue weighted by molar-refractivity contribution is -0.126. The van der Waals surface area contributed by atoms with Gasteiger partial charge in [0, 0.05) is 30.9 Å². The molecule has 2 rings (SSSR count). The van der Waals surface area contributed by atoms with Gasteiger partial charge in [0.25, 0.3) is 0 Å². The minimum Gasteiger partial charge on any atom is -0.356 e. The first-order valence-electron chi connectivity index (χ1n) is 8.49. The Morgan fingerprint density at radius 1 is 1.38 bits per heavy atom. The molecule has 7 heteroatoms. The van der Waals surface area contributed by atoms with Gasteiger partial charge in [-0.15, -0.1) is 12.4 Å². The normalized spacial score (nSPS) is 17.8. The van der Waals surface area contributed by atoms with Crippen molar-refractivity contribution in [2.75, 3.05) is 18.0 Å². The van der Waals surface area contributed by atoms with Crippen LogP contribution in [0.5, 0.6) is 0 Å². The third-order valence-corrected chi connectivity index (χ3v) is 4.39. The first-order valence-corrected chi connectivity index (χ1v) is 8.49. The highest BCUT2D eigenvalue weighted by Gasteiger charge is 2.30. The topological polar surface area (TPSA) is 84.1 Å². The van der Waals surface area contributed by atoms with Gasteiger partial charge in [0.1, 0.15) is 11.6 Å². The molecule has 136 valence electrons. The molecule has 1 aromatic heterocycles. The lowest BCUT2D eigenvalue weighted by Gasteiger charge is -2.35. The van der Waals surface area contributed by atoms with Gasteiger partial charge in [-0.3, -0.25) is 4.79 Å². The Hall–Kier alpha value is -1.40. The first-order chi connectivity index (χ1) is 10.8. The van der Waals surface area contributed by atoms with E-state index in [1.54, 1.807) is 0 Å². The van der Waals surface area contributed by atoms with Crippen molar-refractivity contribution in [2.45, 2.75) is 65.0 Å². The maximum Gasteiger partial charge on any atom is 0.240 e. The predicted molar refractivity (Wildman–Crippen MR) is 99.6 cm³/mol. The molecule has 0 bridgehead atoms. The Balaban J connectivity index is 0.00000288. The molecule has 1 unspecified atom stereocenters. The average molecular weight is 356 g/mol. The highest BCUT2D eigenvalue weighted by Crippen LogP contribution is 2.19. The van der Waals surface area contributed by atoms with Crippen LogP contribution in [0.4, 0.5) is 5.82 Å². The van der Waals surface area contributed by atoms with Crippen LogP contribution in [0.2, 0.25) is 0 Å². The van der Waals surface area contributed by atoms with E-state index in [4.69, 9.17) is 5.73 Å². The van der Waals surface area contributed by atoms with Crippen LogP contribution in [-0.4, -0.2) is 40.5 Å². The second-order valence-corrected chi connectivity index (χ2v) is 6.82. The lowest BCUT2D eigenvalue weighted by atomic mass is 9.95. The molecule has 24 heavy (non-hydrogen) atoms. The largest absolute Gasteiger partial charge is 0.356 e. The number of aromatic nitrogens is 2. The fraction of sp³-hybridized carbons (Fsp3) is 0.706. The van der Waals surface area contributed by atoms with Crippen molar-refractivity contribution < 1.29 is 4.79 Å². The number of rotatable bonds is 5. The molecule has 2 heterocycles. The number of piperidine rings is 1. The number of amides is 1. The summed E-state index contributed by atoms with van der Waals surface area (Å²) in [4.78, 5) is 23.4. The second kappa shape index (κ2) is 8.62. The van der Waals surface area contributed by atoms with Crippen molar-refractivity contribution >= 4 is 24.1 Å². The third-order valence-electron chi connectivity index (χ3n) is 4.39. The Bertz CT molecular complexity index is 536. The zero-order valence-corrected chi connectivity index (χ0v) is 15.9. The van der Waals surface area contributed by atoms with Crippen LogP contribution in [0.15, 0.2) is 6.07 Å². The number of halogens is 1. The Kier molecular flexibility index (Phi) is 7.42. The molecule has 1 amide bonds. The van der Waals surface area contributed by atoms with Crippen LogP contribution >= 0.6 is 12.4 Å². The van der Waals surface area contributed by atoms with E-state index in [0.29, 0.717) is 6.42 Å². The smallest absolute Gasteiger partial charge is 0.240 e. The predicted octanol–water partition coefficient (Wildman–Crippen LogP) is 2.12. The standard InChI is InChI=1S/C17H29N5O.ClH/c1-5-8-17(4,18)16(23)21-14-6-9-22(10-7-14)15-11-12(2)19-13(3)20-15;/h11,14H,5-10,18H2,1-4H3,(H,21,23);1H. The number of nitrogens with two attached hydrogens (primary N) is 1. The van der Waals surface area contributed by atoms with Gasteiger partial charge in [-0.05, 0) is 40.0 Å². The average Bonchev–Trinajstić information content (AvgIpc) is 2.47. The van der Waals surface area contributed by atoms with Crippen LogP contribution in [-0.2, 0) is 4.79 Å². The van der Waals surface area contributed by atoms with Crippen LogP contribution in [0.3, 0.4) is 0 Å². The van der Waals surface area contributed by atoms with E-state index in [-0.39, 0.29) is 24.4 Å². The zero-order chi connectivity index (χ0) is 17.0. The minimum atomic E-state index is -0.771. The highest BCUT2D eigenvalue weighted by atomic mass is 35.5. The number of carbonyl (C=O) groups excluding carboxylic acids is 1. The van der Waals surface area contributed by atoms with E-state index in [9.17, 15) is 4.79 Å². The number of hydrogen-bond acceptors (Lipinski definition) is 5. The fourth-order valence-electron chi connectivity index (χ4n) is 3.10. The molecule has 1 aliphatic heterocycles. The van der Waals surface area contributed by atoms with Crippen molar-refractivity contribution in [3.63, 3.8) is 0 Å². The lowest BCUT2D eigenvalue weighted by Crippen LogP contribution is -2.55. The van der Waals surface area contributed by atoms with Gasteiger partial charge >= 0.3 is 0 Å². The van der Waals surface area contributed by atoms with E-state index in [1.165, 1.54) is 0 Å². The Morgan fingerprint density at radius 2 is 2.00 bits per heavy atom. The maximum absolute atomic E-state index is 12.3. The Morgan fingerprint density at radius 3 is 2.54 bits per heavy atom. The number of nitrogens with zero attached hydrogens (tertiary/aromatic N) is 3. The van der Waals surface area contributed by atoms with Gasteiger partial charge < -0.3 is 16.0 Å². The van der Waals surface area contributed by atoms with Crippen molar-refractivity contribution in [2.24, 2.45) is 5.73 Å². The number of nitrogens with one attached hydrogen (secondary N) is 1. The molecule has 1 atom stereocenters. The van der Waals surface area contributed by atoms with Gasteiger partial charge in [0.2, 0.25) is 5.91 Å². The third kappa shape index (κ3) is 5.31. The summed E-state index contributed by atoms with van der Waals surface area (Å²) in [6.45, 7) is 9.53. The van der Waals surface area contributed by atoms with Crippen molar-refractivity contribution in [1.82, 2.24) is 15.3 Å². The number of aryl methyl sites for hydroxylation is 2. The Labute approximate surface area is 151 Å². The molecular formula is C17H30ClN5O. The SMILES string of the molecule is CCCC(C)(N)C(=O)NC1CCN(c2cc(C)nc(C)n2)CC1.Cl. The first kappa shape index (κ1) is 20.6. The van der Waals surface area contributed by atoms with E-state index in [1.807, 2.05) is 33.8 Å². The molecule has 1 fully saturated rings. The number of anilines is 1. The molecule has 0 aromatic carbocycles. The van der Waals surface area contributed by atoms with E-state index >= 15 is 0 Å². The molecule has 0 aliphatic carbocycles. The zero-order valence-electron chi connectivity index (χ0n) is 15.1. The van der Waals surface area contributed by atoms with E-state index in [2.05, 4.69) is 20.2 Å². The fourth-order valence-corrected chi connectivity index (χ4v) is 3.10. The minimum absolute atomic E-state index is 0. The molecule has 6 nitrogen and oxygen atoms in total. The van der Waals surface area contributed by atoms with Gasteiger partial charge in [0.15, 0.2) is 0 Å². The highest BCUT2D eigenvalue weighted by molar-refractivity contribution is 5.86. The molecular weight excluding hydrogens is 326 g/mol.